The third kappa shape index (κ3) is 11.2. The Bertz CT molecular complexity index is 973. The van der Waals surface area contributed by atoms with E-state index in [4.69, 9.17) is 21.1 Å². The zero-order chi connectivity index (χ0) is 30.8. The Morgan fingerprint density at radius 3 is 1.67 bits per heavy atom. The first kappa shape index (κ1) is 36.5. The Balaban J connectivity index is 5.42. The molecule has 0 aliphatic heterocycles. The summed E-state index contributed by atoms with van der Waals surface area (Å²) in [6.07, 6.45) is -4.33. The van der Waals surface area contributed by atoms with Gasteiger partial charge in [-0.2, -0.15) is 0 Å². The Morgan fingerprint density at radius 1 is 0.821 bits per heavy atom. The summed E-state index contributed by atoms with van der Waals surface area (Å²) in [4.78, 5) is 94.7. The predicted molar refractivity (Wildman–Crippen MR) is 126 cm³/mol. The smallest absolute Gasteiger partial charge is 0.369 e. The Kier molecular flexibility index (Phi) is 13.8. The summed E-state index contributed by atoms with van der Waals surface area (Å²) >= 11 is 0. The van der Waals surface area contributed by atoms with E-state index >= 15 is 0 Å². The molecular weight excluding hydrogens is 578 g/mol. The van der Waals surface area contributed by atoms with Crippen molar-refractivity contribution in [1.82, 2.24) is 15.5 Å². The molecule has 0 fully saturated rings. The van der Waals surface area contributed by atoms with Crippen LogP contribution in [0.5, 0.6) is 0 Å². The predicted octanol–water partition coefficient (Wildman–Crippen LogP) is -4.04. The molecule has 0 aromatic rings. The molecule has 20 nitrogen and oxygen atoms in total. The molecule has 0 aliphatic carbocycles. The maximum Gasteiger partial charge on any atom is 0.369 e. The van der Waals surface area contributed by atoms with Gasteiger partial charge in [0.1, 0.15) is 5.54 Å². The van der Waals surface area contributed by atoms with Crippen molar-refractivity contribution in [3.05, 3.63) is 0 Å². The van der Waals surface area contributed by atoms with Crippen molar-refractivity contribution in [3.63, 3.8) is 0 Å². The van der Waals surface area contributed by atoms with Crippen LogP contribution < -0.4 is 16.4 Å². The van der Waals surface area contributed by atoms with E-state index in [2.05, 4.69) is 10.6 Å². The highest BCUT2D eigenvalue weighted by atomic mass is 31.2. The number of amides is 1. The zero-order valence-electron chi connectivity index (χ0n) is 20.2. The number of hydrogen-bond acceptors (Lipinski definition) is 11. The average molecular weight is 610 g/mol. The van der Waals surface area contributed by atoms with Gasteiger partial charge in [0.05, 0.1) is 25.4 Å². The third-order valence-corrected chi connectivity index (χ3v) is 9.33. The minimum Gasteiger partial charge on any atom is -0.481 e. The fourth-order valence-electron chi connectivity index (χ4n) is 3.48. The summed E-state index contributed by atoms with van der Waals surface area (Å²) in [6, 6.07) is -1.67. The molecule has 0 radical (unpaired) electrons. The number of carbonyl (C=O) groups excluding carboxylic acids is 1. The minimum absolute atomic E-state index is 0.118. The van der Waals surface area contributed by atoms with Crippen LogP contribution in [0.1, 0.15) is 25.7 Å². The molecule has 0 aromatic carbocycles. The van der Waals surface area contributed by atoms with Crippen LogP contribution in [-0.4, -0.2) is 129 Å². The topological polar surface area (TPSA) is 355 Å². The molecule has 1 unspecified atom stereocenters. The van der Waals surface area contributed by atoms with Crippen LogP contribution in [-0.2, 0) is 33.1 Å². The molecule has 13 N–H and O–H groups in total. The molecular formula is C17H32N4O16P2. The van der Waals surface area contributed by atoms with Crippen molar-refractivity contribution in [3.8, 4) is 0 Å². The second-order valence-corrected chi connectivity index (χ2v) is 12.4. The number of aliphatic carboxylic acids is 4. The molecule has 0 spiro atoms. The number of aliphatic hydroxyl groups is 1. The largest absolute Gasteiger partial charge is 0.481 e. The highest BCUT2D eigenvalue weighted by Gasteiger charge is 2.59. The summed E-state index contributed by atoms with van der Waals surface area (Å²) in [6.45, 7) is -1.75. The van der Waals surface area contributed by atoms with Crippen molar-refractivity contribution in [1.29, 1.82) is 0 Å². The van der Waals surface area contributed by atoms with Crippen LogP contribution in [0.4, 0.5) is 0 Å². The van der Waals surface area contributed by atoms with Crippen molar-refractivity contribution in [2.24, 2.45) is 5.73 Å². The van der Waals surface area contributed by atoms with Gasteiger partial charge in [-0.25, -0.2) is 0 Å². The molecule has 226 valence electrons. The number of primary amides is 1. The summed E-state index contributed by atoms with van der Waals surface area (Å²) in [5.41, 5.74) is 2.91. The highest BCUT2D eigenvalue weighted by molar-refractivity contribution is 7.72. The standard InChI is InChI=1S/C17H32N4O16P2/c18-14(28)10(1-2-17(31,38(32,33)34)39(35,36)37)21(9-13(26)27)6-5-19-3-4-20-16(15(29)30,7-11(22)23)8-12(24)25/h10,19-20,31H,1-9H2,(H2,18,28)(H,22,23)(H,24,25)(H,26,27)(H,29,30)(H2,32,33,34)(H2,35,36,37). The lowest BCUT2D eigenvalue weighted by Gasteiger charge is -2.33. The molecule has 0 aliphatic rings. The first-order valence-corrected chi connectivity index (χ1v) is 14.0. The van der Waals surface area contributed by atoms with Crippen LogP contribution in [0.15, 0.2) is 0 Å². The second kappa shape index (κ2) is 14.8. The number of carbonyl (C=O) groups is 5. The average Bonchev–Trinajstić information content (AvgIpc) is 2.72. The first-order chi connectivity index (χ1) is 17.6. The molecule has 0 saturated carbocycles. The molecule has 39 heavy (non-hydrogen) atoms. The van der Waals surface area contributed by atoms with Crippen LogP contribution in [0.25, 0.3) is 0 Å². The molecule has 0 rings (SSSR count). The van der Waals surface area contributed by atoms with Crippen molar-refractivity contribution in [2.45, 2.75) is 42.3 Å². The SMILES string of the molecule is NC(=O)C(CCC(O)(P(=O)(O)O)P(=O)(O)O)N(CCNCCNC(CC(=O)O)(CC(=O)O)C(=O)O)CC(=O)O. The summed E-state index contributed by atoms with van der Waals surface area (Å²) in [7, 11) is -11.7. The van der Waals surface area contributed by atoms with E-state index in [1.165, 1.54) is 0 Å². The quantitative estimate of drug-likeness (QED) is 0.0434. The van der Waals surface area contributed by atoms with Gasteiger partial charge < -0.3 is 56.2 Å². The van der Waals surface area contributed by atoms with Crippen LogP contribution in [0, 0.1) is 0 Å². The summed E-state index contributed by atoms with van der Waals surface area (Å²) in [5, 5.41) is 47.6. The Morgan fingerprint density at radius 2 is 1.31 bits per heavy atom. The molecule has 1 amide bonds. The lowest BCUT2D eigenvalue weighted by molar-refractivity contribution is -0.155. The Labute approximate surface area is 220 Å². The Hall–Kier alpha value is -2.51. The van der Waals surface area contributed by atoms with Gasteiger partial charge in [0.15, 0.2) is 0 Å². The number of nitrogens with zero attached hydrogens (tertiary/aromatic N) is 1. The van der Waals surface area contributed by atoms with Crippen LogP contribution >= 0.6 is 15.2 Å². The minimum atomic E-state index is -5.86. The number of nitrogens with two attached hydrogens (primary N) is 1. The molecule has 0 saturated heterocycles. The van der Waals surface area contributed by atoms with E-state index in [9.17, 15) is 62.9 Å². The maximum atomic E-state index is 12.0. The fraction of sp³-hybridized carbons (Fsp3) is 0.706. The zero-order valence-corrected chi connectivity index (χ0v) is 22.0. The lowest BCUT2D eigenvalue weighted by atomic mass is 9.91. The van der Waals surface area contributed by atoms with E-state index in [0.29, 0.717) is 0 Å². The molecule has 0 heterocycles. The van der Waals surface area contributed by atoms with E-state index in [1.807, 2.05) is 0 Å². The van der Waals surface area contributed by atoms with Gasteiger partial charge in [-0.05, 0) is 6.42 Å². The van der Waals surface area contributed by atoms with Gasteiger partial charge in [-0.3, -0.25) is 43.3 Å². The molecule has 22 heteroatoms. The number of carboxylic acid groups (broad SMARTS) is 4. The number of nitrogens with one attached hydrogen (secondary N) is 2. The summed E-state index contributed by atoms with van der Waals surface area (Å²) < 4.78 is 23.1. The highest BCUT2D eigenvalue weighted by Crippen LogP contribution is 2.69. The van der Waals surface area contributed by atoms with Crippen LogP contribution in [0.3, 0.4) is 0 Å². The summed E-state index contributed by atoms with van der Waals surface area (Å²) in [5.74, 6) is -7.62. The van der Waals surface area contributed by atoms with Crippen molar-refractivity contribution >= 4 is 45.0 Å². The number of carboxylic acids is 4. The van der Waals surface area contributed by atoms with Crippen LogP contribution in [0.2, 0.25) is 0 Å². The number of hydrogen-bond donors (Lipinski definition) is 12. The van der Waals surface area contributed by atoms with Gasteiger partial charge in [0, 0.05) is 32.6 Å². The lowest BCUT2D eigenvalue weighted by Crippen LogP contribution is -2.56. The normalized spacial score (nSPS) is 13.7. The monoisotopic (exact) mass is 610 g/mol. The van der Waals surface area contributed by atoms with Crippen molar-refractivity contribution in [2.75, 3.05) is 32.7 Å². The number of rotatable bonds is 21. The van der Waals surface area contributed by atoms with Crippen molar-refractivity contribution < 1.29 is 78.2 Å². The van der Waals surface area contributed by atoms with E-state index in [0.717, 1.165) is 4.90 Å². The second-order valence-electron chi connectivity index (χ2n) is 8.39. The molecule has 1 atom stereocenters. The van der Waals surface area contributed by atoms with E-state index in [-0.39, 0.29) is 26.2 Å². The van der Waals surface area contributed by atoms with E-state index < -0.39 is 93.9 Å². The van der Waals surface area contributed by atoms with Gasteiger partial charge in [-0.1, -0.05) is 0 Å². The van der Waals surface area contributed by atoms with Gasteiger partial charge >= 0.3 is 39.1 Å². The fourth-order valence-corrected chi connectivity index (χ4v) is 5.68. The molecule has 0 aromatic heterocycles. The molecule has 0 bridgehead atoms. The van der Waals surface area contributed by atoms with Gasteiger partial charge in [0.25, 0.3) is 5.08 Å². The van der Waals surface area contributed by atoms with Gasteiger partial charge in [0.2, 0.25) is 5.91 Å². The first-order valence-electron chi connectivity index (χ1n) is 10.8. The van der Waals surface area contributed by atoms with E-state index in [1.54, 1.807) is 0 Å². The maximum absolute atomic E-state index is 12.0. The van der Waals surface area contributed by atoms with Gasteiger partial charge in [-0.15, -0.1) is 0 Å². The third-order valence-electron chi connectivity index (χ3n) is 5.45.